The van der Waals surface area contributed by atoms with Gasteiger partial charge in [0.1, 0.15) is 11.9 Å². The van der Waals surface area contributed by atoms with Gasteiger partial charge in [0.25, 0.3) is 5.91 Å². The number of aromatic nitrogens is 1. The standard InChI is InChI=1S/C21H22Cl2N4O3/c22-14-3-5-17(23)16(12-14)21(29)27-7-1-2-18(27)20(28)25-15-4-6-19(24-13-15)26-8-10-30-11-9-26/h3-6,12-13,18H,1-2,7-11H2,(H,25,28). The van der Waals surface area contributed by atoms with E-state index in [9.17, 15) is 9.59 Å². The van der Waals surface area contributed by atoms with E-state index in [1.165, 1.54) is 6.07 Å². The molecule has 2 aliphatic heterocycles. The van der Waals surface area contributed by atoms with E-state index in [0.717, 1.165) is 25.3 Å². The van der Waals surface area contributed by atoms with Gasteiger partial charge in [0.2, 0.25) is 5.91 Å². The van der Waals surface area contributed by atoms with E-state index < -0.39 is 6.04 Å². The number of ether oxygens (including phenoxy) is 1. The summed E-state index contributed by atoms with van der Waals surface area (Å²) in [4.78, 5) is 34.0. The first kappa shape index (κ1) is 20.9. The number of anilines is 2. The highest BCUT2D eigenvalue weighted by Gasteiger charge is 2.35. The molecule has 7 nitrogen and oxygen atoms in total. The molecule has 1 aromatic heterocycles. The van der Waals surface area contributed by atoms with Gasteiger partial charge in [-0.05, 0) is 43.2 Å². The van der Waals surface area contributed by atoms with Gasteiger partial charge in [0.05, 0.1) is 35.7 Å². The zero-order valence-corrected chi connectivity index (χ0v) is 17.8. The van der Waals surface area contributed by atoms with Crippen molar-refractivity contribution in [2.45, 2.75) is 18.9 Å². The van der Waals surface area contributed by atoms with Crippen molar-refractivity contribution in [3.8, 4) is 0 Å². The number of carbonyl (C=O) groups is 2. The largest absolute Gasteiger partial charge is 0.378 e. The lowest BCUT2D eigenvalue weighted by Crippen LogP contribution is -2.43. The van der Waals surface area contributed by atoms with Crippen LogP contribution in [-0.2, 0) is 9.53 Å². The summed E-state index contributed by atoms with van der Waals surface area (Å²) in [5, 5.41) is 3.62. The highest BCUT2D eigenvalue weighted by molar-refractivity contribution is 6.35. The third-order valence-corrected chi connectivity index (χ3v) is 5.89. The second-order valence-electron chi connectivity index (χ2n) is 7.27. The molecule has 2 amide bonds. The molecule has 2 aromatic rings. The molecule has 158 valence electrons. The first-order chi connectivity index (χ1) is 14.5. The third kappa shape index (κ3) is 4.53. The monoisotopic (exact) mass is 448 g/mol. The number of morpholine rings is 1. The molecule has 2 fully saturated rings. The molecule has 2 saturated heterocycles. The summed E-state index contributed by atoms with van der Waals surface area (Å²) in [5.74, 6) is 0.324. The van der Waals surface area contributed by atoms with E-state index in [1.807, 2.05) is 12.1 Å². The van der Waals surface area contributed by atoms with Crippen LogP contribution in [0.1, 0.15) is 23.2 Å². The Balaban J connectivity index is 1.43. The molecular formula is C21H22Cl2N4O3. The average Bonchev–Trinajstić information content (AvgIpc) is 3.26. The van der Waals surface area contributed by atoms with Crippen LogP contribution in [0, 0.1) is 0 Å². The van der Waals surface area contributed by atoms with Crippen molar-refractivity contribution in [2.75, 3.05) is 43.1 Å². The van der Waals surface area contributed by atoms with Gasteiger partial charge in [-0.15, -0.1) is 0 Å². The Labute approximate surface area is 184 Å². The van der Waals surface area contributed by atoms with Gasteiger partial charge >= 0.3 is 0 Å². The van der Waals surface area contributed by atoms with E-state index in [-0.39, 0.29) is 11.8 Å². The Bertz CT molecular complexity index is 932. The van der Waals surface area contributed by atoms with E-state index >= 15 is 0 Å². The number of pyridine rings is 1. The number of carbonyl (C=O) groups excluding carboxylic acids is 2. The second-order valence-corrected chi connectivity index (χ2v) is 8.12. The quantitative estimate of drug-likeness (QED) is 0.774. The number of nitrogens with zero attached hydrogens (tertiary/aromatic N) is 3. The second kappa shape index (κ2) is 9.20. The van der Waals surface area contributed by atoms with Gasteiger partial charge in [-0.2, -0.15) is 0 Å². The first-order valence-corrected chi connectivity index (χ1v) is 10.6. The van der Waals surface area contributed by atoms with Gasteiger partial charge < -0.3 is 19.9 Å². The Morgan fingerprint density at radius 3 is 2.63 bits per heavy atom. The van der Waals surface area contributed by atoms with Crippen LogP contribution in [0.4, 0.5) is 11.5 Å². The molecule has 1 aromatic carbocycles. The minimum Gasteiger partial charge on any atom is -0.378 e. The van der Waals surface area contributed by atoms with Gasteiger partial charge in [-0.1, -0.05) is 23.2 Å². The van der Waals surface area contributed by atoms with Crippen molar-refractivity contribution >= 4 is 46.5 Å². The first-order valence-electron chi connectivity index (χ1n) is 9.88. The Hall–Kier alpha value is -2.35. The molecule has 4 rings (SSSR count). The topological polar surface area (TPSA) is 74.8 Å². The number of likely N-dealkylation sites (tertiary alicyclic amines) is 1. The molecule has 1 N–H and O–H groups in total. The lowest BCUT2D eigenvalue weighted by molar-refractivity contribution is -0.119. The summed E-state index contributed by atoms with van der Waals surface area (Å²) in [6.45, 7) is 3.45. The van der Waals surface area contributed by atoms with Crippen molar-refractivity contribution in [1.29, 1.82) is 0 Å². The summed E-state index contributed by atoms with van der Waals surface area (Å²) in [5.41, 5.74) is 0.900. The number of hydrogen-bond donors (Lipinski definition) is 1. The predicted molar refractivity (Wildman–Crippen MR) is 116 cm³/mol. The maximum absolute atomic E-state index is 13.0. The summed E-state index contributed by atoms with van der Waals surface area (Å²) >= 11 is 12.2. The maximum Gasteiger partial charge on any atom is 0.256 e. The number of amides is 2. The number of halogens is 2. The third-order valence-electron chi connectivity index (χ3n) is 5.33. The van der Waals surface area contributed by atoms with E-state index in [4.69, 9.17) is 27.9 Å². The Morgan fingerprint density at radius 2 is 1.90 bits per heavy atom. The van der Waals surface area contributed by atoms with Crippen LogP contribution in [0.15, 0.2) is 36.5 Å². The van der Waals surface area contributed by atoms with Crippen molar-refractivity contribution in [2.24, 2.45) is 0 Å². The van der Waals surface area contributed by atoms with Crippen molar-refractivity contribution in [3.05, 3.63) is 52.1 Å². The van der Waals surface area contributed by atoms with Gasteiger partial charge in [-0.3, -0.25) is 9.59 Å². The zero-order chi connectivity index (χ0) is 21.1. The van der Waals surface area contributed by atoms with Crippen molar-refractivity contribution in [3.63, 3.8) is 0 Å². The molecule has 1 atom stereocenters. The highest BCUT2D eigenvalue weighted by Crippen LogP contribution is 2.27. The maximum atomic E-state index is 13.0. The minimum atomic E-state index is -0.563. The molecule has 0 aliphatic carbocycles. The molecule has 0 spiro atoms. The van der Waals surface area contributed by atoms with Gasteiger partial charge in [0, 0.05) is 24.7 Å². The molecular weight excluding hydrogens is 427 g/mol. The zero-order valence-electron chi connectivity index (χ0n) is 16.3. The number of hydrogen-bond acceptors (Lipinski definition) is 5. The summed E-state index contributed by atoms with van der Waals surface area (Å²) in [6.07, 6.45) is 2.98. The molecule has 0 saturated carbocycles. The average molecular weight is 449 g/mol. The summed E-state index contributed by atoms with van der Waals surface area (Å²) < 4.78 is 5.36. The van der Waals surface area contributed by atoms with Crippen LogP contribution in [0.25, 0.3) is 0 Å². The minimum absolute atomic E-state index is 0.236. The lowest BCUT2D eigenvalue weighted by atomic mass is 10.1. The highest BCUT2D eigenvalue weighted by atomic mass is 35.5. The molecule has 0 bridgehead atoms. The van der Waals surface area contributed by atoms with Crippen LogP contribution >= 0.6 is 23.2 Å². The smallest absolute Gasteiger partial charge is 0.256 e. The summed E-state index contributed by atoms with van der Waals surface area (Å²) in [6, 6.07) is 7.89. The fourth-order valence-corrected chi connectivity index (χ4v) is 4.13. The normalized spacial score (nSPS) is 19.1. The van der Waals surface area contributed by atoms with Crippen LogP contribution in [0.2, 0.25) is 10.0 Å². The fraction of sp³-hybridized carbons (Fsp3) is 0.381. The van der Waals surface area contributed by atoms with E-state index in [0.29, 0.717) is 47.5 Å². The van der Waals surface area contributed by atoms with Gasteiger partial charge in [0.15, 0.2) is 0 Å². The molecule has 2 aliphatic rings. The van der Waals surface area contributed by atoms with Crippen LogP contribution in [0.3, 0.4) is 0 Å². The number of nitrogens with one attached hydrogen (secondary N) is 1. The van der Waals surface area contributed by atoms with E-state index in [1.54, 1.807) is 23.2 Å². The lowest BCUT2D eigenvalue weighted by Gasteiger charge is -2.28. The number of benzene rings is 1. The summed E-state index contributed by atoms with van der Waals surface area (Å²) in [7, 11) is 0. The Kier molecular flexibility index (Phi) is 6.41. The Morgan fingerprint density at radius 1 is 1.10 bits per heavy atom. The van der Waals surface area contributed by atoms with Gasteiger partial charge in [-0.25, -0.2) is 4.98 Å². The fourth-order valence-electron chi connectivity index (χ4n) is 3.76. The van der Waals surface area contributed by atoms with Crippen LogP contribution in [-0.4, -0.2) is 60.6 Å². The molecule has 9 heteroatoms. The molecule has 30 heavy (non-hydrogen) atoms. The SMILES string of the molecule is O=C(Nc1ccc(N2CCOCC2)nc1)C1CCCN1C(=O)c1cc(Cl)ccc1Cl. The van der Waals surface area contributed by atoms with Crippen LogP contribution in [0.5, 0.6) is 0 Å². The van der Waals surface area contributed by atoms with E-state index in [2.05, 4.69) is 15.2 Å². The predicted octanol–water partition coefficient (Wildman–Crippen LogP) is 3.47. The van der Waals surface area contributed by atoms with Crippen molar-refractivity contribution in [1.82, 2.24) is 9.88 Å². The van der Waals surface area contributed by atoms with Crippen molar-refractivity contribution < 1.29 is 14.3 Å². The number of rotatable bonds is 4. The van der Waals surface area contributed by atoms with Crippen LogP contribution < -0.4 is 10.2 Å². The molecule has 3 heterocycles. The molecule has 1 unspecified atom stereocenters. The molecule has 0 radical (unpaired) electrons.